The van der Waals surface area contributed by atoms with Crippen molar-refractivity contribution in [3.63, 3.8) is 0 Å². The summed E-state index contributed by atoms with van der Waals surface area (Å²) in [6, 6.07) is 4.33. The average molecular weight is 249 g/mol. The predicted molar refractivity (Wildman–Crippen MR) is 57.5 cm³/mol. The molecule has 88 valence electrons. The molecule has 2 nitrogen and oxygen atoms in total. The third kappa shape index (κ3) is 3.77. The van der Waals surface area contributed by atoms with E-state index in [4.69, 9.17) is 11.6 Å². The summed E-state index contributed by atoms with van der Waals surface area (Å²) in [6.07, 6.45) is 2.01. The summed E-state index contributed by atoms with van der Waals surface area (Å²) < 4.78 is 28.1. The maximum Gasteiger partial charge on any atom is 0.387 e. The monoisotopic (exact) mass is 248 g/mol. The summed E-state index contributed by atoms with van der Waals surface area (Å²) in [7, 11) is 0. The van der Waals surface area contributed by atoms with E-state index in [1.54, 1.807) is 6.07 Å². The fourth-order valence-corrected chi connectivity index (χ4v) is 1.48. The molecular formula is C11H11ClF2O2. The minimum atomic E-state index is -2.88. The van der Waals surface area contributed by atoms with E-state index < -0.39 is 6.61 Å². The zero-order valence-electron chi connectivity index (χ0n) is 8.46. The van der Waals surface area contributed by atoms with Crippen LogP contribution in [0.15, 0.2) is 18.2 Å². The molecule has 0 saturated heterocycles. The highest BCUT2D eigenvalue weighted by Gasteiger charge is 2.07. The molecule has 1 aromatic rings. The standard InChI is InChI=1S/C11H11ClF2O2/c12-5-1-2-8-3-4-10(16-11(13)14)6-9(8)7-15/h3-4,6-7,11H,1-2,5H2. The number of rotatable bonds is 6. The number of carbonyl (C=O) groups excluding carboxylic acids is 1. The molecule has 0 aliphatic rings. The molecule has 5 heteroatoms. The first-order valence-corrected chi connectivity index (χ1v) is 5.29. The number of hydrogen-bond acceptors (Lipinski definition) is 2. The Labute approximate surface area is 97.2 Å². The van der Waals surface area contributed by atoms with Gasteiger partial charge in [-0.15, -0.1) is 11.6 Å². The summed E-state index contributed by atoms with van der Waals surface area (Å²) in [5.74, 6) is 0.486. The van der Waals surface area contributed by atoms with Crippen LogP contribution in [0.5, 0.6) is 5.75 Å². The molecule has 0 saturated carbocycles. The largest absolute Gasteiger partial charge is 0.435 e. The van der Waals surface area contributed by atoms with Crippen molar-refractivity contribution in [2.24, 2.45) is 0 Å². The third-order valence-electron chi connectivity index (χ3n) is 2.05. The molecule has 1 rings (SSSR count). The lowest BCUT2D eigenvalue weighted by molar-refractivity contribution is -0.0498. The van der Waals surface area contributed by atoms with E-state index >= 15 is 0 Å². The van der Waals surface area contributed by atoms with Gasteiger partial charge in [0.1, 0.15) is 12.0 Å². The van der Waals surface area contributed by atoms with Crippen molar-refractivity contribution in [2.45, 2.75) is 19.5 Å². The summed E-state index contributed by atoms with van der Waals surface area (Å²) >= 11 is 5.53. The van der Waals surface area contributed by atoms with Gasteiger partial charge in [0.15, 0.2) is 0 Å². The molecule has 0 amide bonds. The van der Waals surface area contributed by atoms with Crippen molar-refractivity contribution < 1.29 is 18.3 Å². The molecule has 0 N–H and O–H groups in total. The topological polar surface area (TPSA) is 26.3 Å². The van der Waals surface area contributed by atoms with Gasteiger partial charge in [0, 0.05) is 11.4 Å². The molecule has 0 aliphatic heterocycles. The fourth-order valence-electron chi connectivity index (χ4n) is 1.34. The quantitative estimate of drug-likeness (QED) is 0.571. The summed E-state index contributed by atoms with van der Waals surface area (Å²) in [5.41, 5.74) is 1.15. The smallest absolute Gasteiger partial charge is 0.387 e. The average Bonchev–Trinajstić information content (AvgIpc) is 2.26. The van der Waals surface area contributed by atoms with Crippen molar-refractivity contribution >= 4 is 17.9 Å². The lowest BCUT2D eigenvalue weighted by atomic mass is 10.0. The third-order valence-corrected chi connectivity index (χ3v) is 2.32. The van der Waals surface area contributed by atoms with E-state index in [0.717, 1.165) is 12.0 Å². The first-order chi connectivity index (χ1) is 7.67. The van der Waals surface area contributed by atoms with Crippen LogP contribution in [0.3, 0.4) is 0 Å². The van der Waals surface area contributed by atoms with Crippen LogP contribution < -0.4 is 4.74 Å². The van der Waals surface area contributed by atoms with E-state index in [9.17, 15) is 13.6 Å². The molecule has 1 aromatic carbocycles. The van der Waals surface area contributed by atoms with Gasteiger partial charge in [0.05, 0.1) is 0 Å². The van der Waals surface area contributed by atoms with E-state index in [-0.39, 0.29) is 5.75 Å². The van der Waals surface area contributed by atoms with Crippen LogP contribution in [-0.4, -0.2) is 18.8 Å². The summed E-state index contributed by atoms with van der Waals surface area (Å²) in [4.78, 5) is 10.8. The normalized spacial score (nSPS) is 10.5. The van der Waals surface area contributed by atoms with Gasteiger partial charge in [-0.1, -0.05) is 6.07 Å². The van der Waals surface area contributed by atoms with Crippen molar-refractivity contribution in [1.82, 2.24) is 0 Å². The molecule has 0 heterocycles. The number of aryl methyl sites for hydroxylation is 1. The van der Waals surface area contributed by atoms with E-state index in [0.29, 0.717) is 24.2 Å². The zero-order valence-corrected chi connectivity index (χ0v) is 9.21. The molecule has 0 fully saturated rings. The number of hydrogen-bond donors (Lipinski definition) is 0. The van der Waals surface area contributed by atoms with Gasteiger partial charge < -0.3 is 4.74 Å². The number of halogens is 3. The van der Waals surface area contributed by atoms with Crippen LogP contribution in [0.1, 0.15) is 22.3 Å². The Morgan fingerprint density at radius 3 is 2.75 bits per heavy atom. The number of carbonyl (C=O) groups is 1. The zero-order chi connectivity index (χ0) is 12.0. The number of alkyl halides is 3. The molecular weight excluding hydrogens is 238 g/mol. The number of benzene rings is 1. The lowest BCUT2D eigenvalue weighted by Crippen LogP contribution is -2.03. The second-order valence-corrected chi connectivity index (χ2v) is 3.53. The summed E-state index contributed by atoms with van der Waals surface area (Å²) in [6.45, 7) is -2.88. The Kier molecular flexibility index (Phi) is 5.19. The first kappa shape index (κ1) is 12.9. The van der Waals surface area contributed by atoms with Gasteiger partial charge in [-0.2, -0.15) is 8.78 Å². The van der Waals surface area contributed by atoms with Crippen molar-refractivity contribution in [3.8, 4) is 5.75 Å². The van der Waals surface area contributed by atoms with Gasteiger partial charge in [0.25, 0.3) is 0 Å². The minimum Gasteiger partial charge on any atom is -0.435 e. The van der Waals surface area contributed by atoms with Crippen LogP contribution in [-0.2, 0) is 6.42 Å². The van der Waals surface area contributed by atoms with E-state index in [1.165, 1.54) is 12.1 Å². The second kappa shape index (κ2) is 6.43. The van der Waals surface area contributed by atoms with Gasteiger partial charge in [-0.05, 0) is 30.5 Å². The van der Waals surface area contributed by atoms with E-state index in [2.05, 4.69) is 4.74 Å². The van der Waals surface area contributed by atoms with Crippen molar-refractivity contribution in [2.75, 3.05) is 5.88 Å². The van der Waals surface area contributed by atoms with Gasteiger partial charge in [-0.3, -0.25) is 4.79 Å². The Bertz CT molecular complexity index is 356. The van der Waals surface area contributed by atoms with Gasteiger partial charge in [0.2, 0.25) is 0 Å². The molecule has 0 bridgehead atoms. The maximum absolute atomic E-state index is 11.9. The first-order valence-electron chi connectivity index (χ1n) is 4.76. The fraction of sp³-hybridized carbons (Fsp3) is 0.364. The van der Waals surface area contributed by atoms with Crippen LogP contribution in [0, 0.1) is 0 Å². The lowest BCUT2D eigenvalue weighted by Gasteiger charge is -2.08. The highest BCUT2D eigenvalue weighted by Crippen LogP contribution is 2.19. The van der Waals surface area contributed by atoms with Crippen LogP contribution in [0.4, 0.5) is 8.78 Å². The predicted octanol–water partition coefficient (Wildman–Crippen LogP) is 3.27. The Morgan fingerprint density at radius 2 is 2.19 bits per heavy atom. The minimum absolute atomic E-state index is 0.00766. The molecule has 0 unspecified atom stereocenters. The molecule has 0 atom stereocenters. The Morgan fingerprint density at radius 1 is 1.44 bits per heavy atom. The highest BCUT2D eigenvalue weighted by atomic mass is 35.5. The van der Waals surface area contributed by atoms with Crippen molar-refractivity contribution in [1.29, 1.82) is 0 Å². The van der Waals surface area contributed by atoms with Crippen LogP contribution in [0.2, 0.25) is 0 Å². The molecule has 0 spiro atoms. The Hall–Kier alpha value is -1.16. The van der Waals surface area contributed by atoms with Gasteiger partial charge >= 0.3 is 6.61 Å². The molecule has 16 heavy (non-hydrogen) atoms. The van der Waals surface area contributed by atoms with Crippen LogP contribution >= 0.6 is 11.6 Å². The van der Waals surface area contributed by atoms with E-state index in [1.807, 2.05) is 0 Å². The maximum atomic E-state index is 11.9. The molecule has 0 radical (unpaired) electrons. The SMILES string of the molecule is O=Cc1cc(OC(F)F)ccc1CCCCl. The number of aldehydes is 1. The van der Waals surface area contributed by atoms with Gasteiger partial charge in [-0.25, -0.2) is 0 Å². The highest BCUT2D eigenvalue weighted by molar-refractivity contribution is 6.17. The Balaban J connectivity index is 2.84. The molecule has 0 aliphatic carbocycles. The van der Waals surface area contributed by atoms with Crippen LogP contribution in [0.25, 0.3) is 0 Å². The molecule has 0 aromatic heterocycles. The number of ether oxygens (including phenoxy) is 1. The second-order valence-electron chi connectivity index (χ2n) is 3.15. The summed E-state index contributed by atoms with van der Waals surface area (Å²) in [5, 5.41) is 0. The van der Waals surface area contributed by atoms with Crippen molar-refractivity contribution in [3.05, 3.63) is 29.3 Å².